The predicted octanol–water partition coefficient (Wildman–Crippen LogP) is 3.42. The molecule has 2 aromatic heterocycles. The van der Waals surface area contributed by atoms with Gasteiger partial charge in [0.1, 0.15) is 5.82 Å². The Morgan fingerprint density at radius 3 is 2.95 bits per heavy atom. The Hall–Kier alpha value is -2.08. The van der Waals surface area contributed by atoms with E-state index >= 15 is 0 Å². The predicted molar refractivity (Wildman–Crippen MR) is 82.2 cm³/mol. The van der Waals surface area contributed by atoms with Crippen molar-refractivity contribution in [3.8, 4) is 10.6 Å². The van der Waals surface area contributed by atoms with Crippen LogP contribution in [0.5, 0.6) is 0 Å². The number of hydrogen-bond acceptors (Lipinski definition) is 5. The van der Waals surface area contributed by atoms with Gasteiger partial charge in [-0.1, -0.05) is 11.3 Å². The van der Waals surface area contributed by atoms with Gasteiger partial charge in [-0.2, -0.15) is 0 Å². The lowest BCUT2D eigenvalue weighted by molar-refractivity contribution is 0.629. The maximum atomic E-state index is 13.7. The molecule has 0 radical (unpaired) electrons. The summed E-state index contributed by atoms with van der Waals surface area (Å²) in [4.78, 5) is 4.68. The van der Waals surface area contributed by atoms with Crippen LogP contribution in [0.2, 0.25) is 0 Å². The van der Waals surface area contributed by atoms with Crippen LogP contribution < -0.4 is 5.32 Å². The highest BCUT2D eigenvalue weighted by atomic mass is 32.1. The number of nitrogens with one attached hydrogen (secondary N) is 1. The molecule has 4 nitrogen and oxygen atoms in total. The highest BCUT2D eigenvalue weighted by Gasteiger charge is 2.23. The van der Waals surface area contributed by atoms with Gasteiger partial charge in [0, 0.05) is 23.7 Å². The summed E-state index contributed by atoms with van der Waals surface area (Å²) in [5, 5.41) is 13.8. The molecule has 0 saturated heterocycles. The van der Waals surface area contributed by atoms with Gasteiger partial charge in [-0.3, -0.25) is 4.98 Å². The molecule has 0 fully saturated rings. The molecule has 0 bridgehead atoms. The summed E-state index contributed by atoms with van der Waals surface area (Å²) in [5.41, 5.74) is 4.15. The second-order valence-corrected chi connectivity index (χ2v) is 6.07. The summed E-state index contributed by atoms with van der Waals surface area (Å²) in [6.07, 6.45) is 3.04. The van der Waals surface area contributed by atoms with Gasteiger partial charge < -0.3 is 5.32 Å². The molecular formula is C15H13FN4S. The largest absolute Gasteiger partial charge is 0.363 e. The van der Waals surface area contributed by atoms with Crippen molar-refractivity contribution < 1.29 is 4.39 Å². The standard InChI is InChI=1S/C15H13FN4S/c1-17-15-20-19-14(21-15)13-9-3-2-4-11(9)18-12-6-5-8(16)7-10(12)13/h5-7H,2-4H2,1H3,(H,17,20). The van der Waals surface area contributed by atoms with Crippen molar-refractivity contribution in [2.24, 2.45) is 0 Å². The van der Waals surface area contributed by atoms with Crippen molar-refractivity contribution in [2.75, 3.05) is 12.4 Å². The van der Waals surface area contributed by atoms with Gasteiger partial charge in [-0.05, 0) is 43.0 Å². The number of hydrogen-bond donors (Lipinski definition) is 1. The van der Waals surface area contributed by atoms with Crippen LogP contribution in [0, 0.1) is 5.82 Å². The lowest BCUT2D eigenvalue weighted by Gasteiger charge is -2.10. The molecule has 0 aliphatic heterocycles. The average Bonchev–Trinajstić information content (AvgIpc) is 3.13. The smallest absolute Gasteiger partial charge is 0.205 e. The van der Waals surface area contributed by atoms with Gasteiger partial charge in [-0.15, -0.1) is 10.2 Å². The van der Waals surface area contributed by atoms with E-state index in [1.807, 2.05) is 7.05 Å². The summed E-state index contributed by atoms with van der Waals surface area (Å²) >= 11 is 1.49. The van der Waals surface area contributed by atoms with E-state index in [9.17, 15) is 4.39 Å². The number of aryl methyl sites for hydroxylation is 1. The second kappa shape index (κ2) is 4.73. The number of benzene rings is 1. The van der Waals surface area contributed by atoms with Gasteiger partial charge >= 0.3 is 0 Å². The Morgan fingerprint density at radius 1 is 1.24 bits per heavy atom. The fraction of sp³-hybridized carbons (Fsp3) is 0.267. The summed E-state index contributed by atoms with van der Waals surface area (Å²) < 4.78 is 13.7. The zero-order chi connectivity index (χ0) is 14.4. The van der Waals surface area contributed by atoms with Crippen molar-refractivity contribution in [3.05, 3.63) is 35.3 Å². The van der Waals surface area contributed by atoms with Crippen molar-refractivity contribution >= 4 is 27.4 Å². The molecule has 1 aliphatic rings. The van der Waals surface area contributed by atoms with Crippen LogP contribution in [0.1, 0.15) is 17.7 Å². The summed E-state index contributed by atoms with van der Waals surface area (Å²) in [7, 11) is 1.82. The first kappa shape index (κ1) is 12.6. The molecule has 6 heteroatoms. The quantitative estimate of drug-likeness (QED) is 0.788. The fourth-order valence-corrected chi connectivity index (χ4v) is 3.69. The minimum atomic E-state index is -0.248. The van der Waals surface area contributed by atoms with Crippen LogP contribution in [0.15, 0.2) is 18.2 Å². The highest BCUT2D eigenvalue weighted by molar-refractivity contribution is 7.18. The minimum Gasteiger partial charge on any atom is -0.363 e. The van der Waals surface area contributed by atoms with Gasteiger partial charge in [0.05, 0.1) is 5.52 Å². The van der Waals surface area contributed by atoms with Crippen LogP contribution >= 0.6 is 11.3 Å². The highest BCUT2D eigenvalue weighted by Crippen LogP contribution is 2.39. The minimum absolute atomic E-state index is 0.248. The number of aromatic nitrogens is 3. The molecule has 1 aromatic carbocycles. The lowest BCUT2D eigenvalue weighted by Crippen LogP contribution is -1.96. The molecule has 0 unspecified atom stereocenters. The van der Waals surface area contributed by atoms with Gasteiger partial charge in [0.25, 0.3) is 0 Å². The Morgan fingerprint density at radius 2 is 2.14 bits per heavy atom. The zero-order valence-electron chi connectivity index (χ0n) is 11.5. The van der Waals surface area contributed by atoms with E-state index in [-0.39, 0.29) is 5.82 Å². The fourth-order valence-electron chi connectivity index (χ4n) is 2.90. The van der Waals surface area contributed by atoms with Gasteiger partial charge in [-0.25, -0.2) is 4.39 Å². The average molecular weight is 300 g/mol. The van der Waals surface area contributed by atoms with Crippen LogP contribution in [0.25, 0.3) is 21.5 Å². The van der Waals surface area contributed by atoms with Crippen LogP contribution in [-0.2, 0) is 12.8 Å². The van der Waals surface area contributed by atoms with E-state index in [1.165, 1.54) is 23.0 Å². The molecule has 1 aliphatic carbocycles. The third-order valence-electron chi connectivity index (χ3n) is 3.83. The number of halogens is 1. The lowest BCUT2D eigenvalue weighted by atomic mass is 10.0. The number of pyridine rings is 1. The molecular weight excluding hydrogens is 287 g/mol. The van der Waals surface area contributed by atoms with E-state index in [4.69, 9.17) is 0 Å². The molecule has 0 saturated carbocycles. The van der Waals surface area contributed by atoms with E-state index in [2.05, 4.69) is 20.5 Å². The van der Waals surface area contributed by atoms with Crippen molar-refractivity contribution in [2.45, 2.75) is 19.3 Å². The molecule has 4 rings (SSSR count). The van der Waals surface area contributed by atoms with E-state index < -0.39 is 0 Å². The van der Waals surface area contributed by atoms with Crippen LogP contribution in [0.3, 0.4) is 0 Å². The maximum absolute atomic E-state index is 13.7. The molecule has 1 N–H and O–H groups in total. The zero-order valence-corrected chi connectivity index (χ0v) is 12.3. The van der Waals surface area contributed by atoms with Crippen LogP contribution in [-0.4, -0.2) is 22.2 Å². The third kappa shape index (κ3) is 1.98. The number of fused-ring (bicyclic) bond motifs is 2. The van der Waals surface area contributed by atoms with Crippen molar-refractivity contribution in [3.63, 3.8) is 0 Å². The Kier molecular flexibility index (Phi) is 2.85. The normalized spacial score (nSPS) is 13.6. The summed E-state index contributed by atoms with van der Waals surface area (Å²) in [6, 6.07) is 4.75. The van der Waals surface area contributed by atoms with Crippen molar-refractivity contribution in [1.82, 2.24) is 15.2 Å². The second-order valence-electron chi connectivity index (χ2n) is 5.09. The molecule has 0 atom stereocenters. The van der Waals surface area contributed by atoms with Crippen molar-refractivity contribution in [1.29, 1.82) is 0 Å². The topological polar surface area (TPSA) is 50.7 Å². The van der Waals surface area contributed by atoms with Gasteiger partial charge in [0.2, 0.25) is 5.13 Å². The first-order chi connectivity index (χ1) is 10.3. The summed E-state index contributed by atoms with van der Waals surface area (Å²) in [5.74, 6) is -0.248. The molecule has 21 heavy (non-hydrogen) atoms. The Balaban J connectivity index is 2.07. The molecule has 106 valence electrons. The Labute approximate surface area is 125 Å². The first-order valence-corrected chi connectivity index (χ1v) is 7.70. The Bertz CT molecular complexity index is 843. The van der Waals surface area contributed by atoms with E-state index in [0.29, 0.717) is 0 Å². The van der Waals surface area contributed by atoms with E-state index in [0.717, 1.165) is 51.6 Å². The number of rotatable bonds is 2. The van der Waals surface area contributed by atoms with Crippen LogP contribution in [0.4, 0.5) is 9.52 Å². The molecule has 2 heterocycles. The monoisotopic (exact) mass is 300 g/mol. The molecule has 3 aromatic rings. The summed E-state index contributed by atoms with van der Waals surface area (Å²) in [6.45, 7) is 0. The third-order valence-corrected chi connectivity index (χ3v) is 4.78. The van der Waals surface area contributed by atoms with E-state index in [1.54, 1.807) is 12.1 Å². The first-order valence-electron chi connectivity index (χ1n) is 6.89. The SMILES string of the molecule is CNc1nnc(-c2c3c(nc4ccc(F)cc24)CCC3)s1. The molecule has 0 amide bonds. The number of anilines is 1. The maximum Gasteiger partial charge on any atom is 0.205 e. The molecule has 0 spiro atoms. The number of nitrogens with zero attached hydrogens (tertiary/aromatic N) is 3. The van der Waals surface area contributed by atoms with Gasteiger partial charge in [0.15, 0.2) is 5.01 Å².